The van der Waals surface area contributed by atoms with Crippen LogP contribution in [0.1, 0.15) is 24.8 Å². The van der Waals surface area contributed by atoms with Crippen molar-refractivity contribution in [3.63, 3.8) is 0 Å². The van der Waals surface area contributed by atoms with E-state index >= 15 is 0 Å². The van der Waals surface area contributed by atoms with Crippen LogP contribution in [0.15, 0.2) is 42.6 Å². The molecule has 0 amide bonds. The van der Waals surface area contributed by atoms with Gasteiger partial charge in [0.2, 0.25) is 0 Å². The first kappa shape index (κ1) is 23.6. The number of aliphatic hydroxyl groups is 1. The zero-order valence-electron chi connectivity index (χ0n) is 19.1. The van der Waals surface area contributed by atoms with E-state index in [9.17, 15) is 18.3 Å². The van der Waals surface area contributed by atoms with E-state index in [4.69, 9.17) is 0 Å². The number of hydrogen-bond acceptors (Lipinski definition) is 6. The third kappa shape index (κ3) is 5.70. The lowest BCUT2D eigenvalue weighted by atomic mass is 9.94. The first-order chi connectivity index (χ1) is 15.7. The number of anilines is 3. The Morgan fingerprint density at radius 2 is 1.67 bits per heavy atom. The molecule has 33 heavy (non-hydrogen) atoms. The summed E-state index contributed by atoms with van der Waals surface area (Å²) in [5.41, 5.74) is 1.33. The third-order valence-corrected chi connectivity index (χ3v) is 6.83. The van der Waals surface area contributed by atoms with Gasteiger partial charge in [-0.05, 0) is 69.8 Å². The lowest BCUT2D eigenvalue weighted by Gasteiger charge is -2.35. The molecule has 3 heterocycles. The number of benzene rings is 1. The molecule has 0 saturated carbocycles. The maximum atomic E-state index is 12.7. The Labute approximate surface area is 193 Å². The average molecular weight is 464 g/mol. The Bertz CT molecular complexity index is 896. The van der Waals surface area contributed by atoms with Crippen molar-refractivity contribution in [3.8, 4) is 0 Å². The number of halogens is 3. The number of hydrogen-bond donors (Lipinski definition) is 2. The second kappa shape index (κ2) is 9.77. The lowest BCUT2D eigenvalue weighted by molar-refractivity contribution is -0.137. The van der Waals surface area contributed by atoms with Crippen LogP contribution in [-0.4, -0.2) is 67.5 Å². The summed E-state index contributed by atoms with van der Waals surface area (Å²) in [5, 5.41) is 13.9. The van der Waals surface area contributed by atoms with Gasteiger partial charge in [-0.2, -0.15) is 13.2 Å². The zero-order chi connectivity index (χ0) is 23.6. The number of likely N-dealkylation sites (N-methyl/N-ethyl adjacent to an activating group) is 1. The van der Waals surface area contributed by atoms with Gasteiger partial charge in [0.1, 0.15) is 12.0 Å². The number of rotatable bonds is 6. The first-order valence-corrected chi connectivity index (χ1v) is 11.4. The van der Waals surface area contributed by atoms with Gasteiger partial charge in [0.15, 0.2) is 0 Å². The Kier molecular flexibility index (Phi) is 6.99. The second-order valence-electron chi connectivity index (χ2n) is 9.22. The SMILES string of the molecule is CN(C)C1CCN(c2ccc(NC(O)C3CCN(c4ccc(C(F)(F)F)cn4)CC3)cc2)C1. The van der Waals surface area contributed by atoms with E-state index in [2.05, 4.69) is 46.3 Å². The van der Waals surface area contributed by atoms with E-state index in [1.165, 1.54) is 11.8 Å². The molecule has 9 heteroatoms. The van der Waals surface area contributed by atoms with Crippen molar-refractivity contribution in [1.82, 2.24) is 9.88 Å². The summed E-state index contributed by atoms with van der Waals surface area (Å²) in [6, 6.07) is 11.2. The molecule has 2 aromatic rings. The standard InChI is InChI=1S/C24H32F3N5O/c1-30(2)21-11-14-32(16-21)20-6-4-19(5-7-20)29-23(33)17-9-12-31(13-10-17)22-8-3-18(15-28-22)24(25,26)27/h3-8,15,17,21,23,29,33H,9-14,16H2,1-2H3. The van der Waals surface area contributed by atoms with Gasteiger partial charge in [0.25, 0.3) is 0 Å². The molecule has 2 aliphatic rings. The van der Waals surface area contributed by atoms with Crippen LogP contribution in [0.3, 0.4) is 0 Å². The van der Waals surface area contributed by atoms with Gasteiger partial charge in [0, 0.05) is 55.7 Å². The molecule has 2 atom stereocenters. The Morgan fingerprint density at radius 3 is 2.21 bits per heavy atom. The van der Waals surface area contributed by atoms with Gasteiger partial charge in [-0.25, -0.2) is 4.98 Å². The molecule has 0 bridgehead atoms. The summed E-state index contributed by atoms with van der Waals surface area (Å²) in [6.07, 6.45) is -1.56. The number of pyridine rings is 1. The number of aliphatic hydroxyl groups excluding tert-OH is 1. The Morgan fingerprint density at radius 1 is 1.00 bits per heavy atom. The quantitative estimate of drug-likeness (QED) is 0.634. The van der Waals surface area contributed by atoms with Crippen molar-refractivity contribution in [2.45, 2.75) is 37.7 Å². The molecule has 2 unspecified atom stereocenters. The molecule has 2 fully saturated rings. The van der Waals surface area contributed by atoms with Gasteiger partial charge < -0.3 is 25.1 Å². The van der Waals surface area contributed by atoms with Crippen molar-refractivity contribution >= 4 is 17.2 Å². The monoisotopic (exact) mass is 463 g/mol. The van der Waals surface area contributed by atoms with Crippen molar-refractivity contribution < 1.29 is 18.3 Å². The van der Waals surface area contributed by atoms with Gasteiger partial charge in [0.05, 0.1) is 5.56 Å². The number of aromatic nitrogens is 1. The van der Waals surface area contributed by atoms with Crippen molar-refractivity contribution in [3.05, 3.63) is 48.2 Å². The predicted molar refractivity (Wildman–Crippen MR) is 125 cm³/mol. The van der Waals surface area contributed by atoms with E-state index in [1.54, 1.807) is 0 Å². The molecule has 2 aliphatic heterocycles. The highest BCUT2D eigenvalue weighted by Gasteiger charge is 2.31. The molecule has 0 aliphatic carbocycles. The topological polar surface area (TPSA) is 54.9 Å². The van der Waals surface area contributed by atoms with Crippen LogP contribution in [0.4, 0.5) is 30.4 Å². The average Bonchev–Trinajstić information content (AvgIpc) is 3.30. The van der Waals surface area contributed by atoms with Crippen LogP contribution in [0, 0.1) is 5.92 Å². The highest BCUT2D eigenvalue weighted by Crippen LogP contribution is 2.31. The lowest BCUT2D eigenvalue weighted by Crippen LogP contribution is -2.40. The fourth-order valence-electron chi connectivity index (χ4n) is 4.64. The summed E-state index contributed by atoms with van der Waals surface area (Å²) >= 11 is 0. The minimum absolute atomic E-state index is 0.0646. The fraction of sp³-hybridized carbons (Fsp3) is 0.542. The van der Waals surface area contributed by atoms with E-state index in [0.717, 1.165) is 50.3 Å². The smallest absolute Gasteiger partial charge is 0.374 e. The molecule has 180 valence electrons. The van der Waals surface area contributed by atoms with Crippen molar-refractivity contribution in [2.75, 3.05) is 55.4 Å². The molecule has 6 nitrogen and oxygen atoms in total. The molecular formula is C24H32F3N5O. The summed E-state index contributed by atoms with van der Waals surface area (Å²) in [4.78, 5) is 10.6. The molecule has 0 radical (unpaired) electrons. The van der Waals surface area contributed by atoms with E-state index in [0.29, 0.717) is 24.9 Å². The molecular weight excluding hydrogens is 431 g/mol. The molecule has 1 aromatic heterocycles. The van der Waals surface area contributed by atoms with Gasteiger partial charge >= 0.3 is 6.18 Å². The predicted octanol–water partition coefficient (Wildman–Crippen LogP) is 3.89. The van der Waals surface area contributed by atoms with Crippen LogP contribution in [0.25, 0.3) is 0 Å². The van der Waals surface area contributed by atoms with Gasteiger partial charge in [-0.1, -0.05) is 0 Å². The van der Waals surface area contributed by atoms with Crippen LogP contribution in [0.5, 0.6) is 0 Å². The first-order valence-electron chi connectivity index (χ1n) is 11.4. The molecule has 4 rings (SSSR count). The Balaban J connectivity index is 1.26. The molecule has 2 N–H and O–H groups in total. The maximum Gasteiger partial charge on any atom is 0.417 e. The van der Waals surface area contributed by atoms with E-state index in [-0.39, 0.29) is 5.92 Å². The number of nitrogens with zero attached hydrogens (tertiary/aromatic N) is 4. The number of nitrogens with one attached hydrogen (secondary N) is 1. The van der Waals surface area contributed by atoms with Crippen LogP contribution in [0.2, 0.25) is 0 Å². The summed E-state index contributed by atoms with van der Waals surface area (Å²) < 4.78 is 38.2. The largest absolute Gasteiger partial charge is 0.417 e. The van der Waals surface area contributed by atoms with Crippen LogP contribution in [-0.2, 0) is 6.18 Å². The molecule has 0 spiro atoms. The molecule has 2 saturated heterocycles. The highest BCUT2D eigenvalue weighted by atomic mass is 19.4. The van der Waals surface area contributed by atoms with Gasteiger partial charge in [-0.15, -0.1) is 0 Å². The highest BCUT2D eigenvalue weighted by molar-refractivity contribution is 5.56. The summed E-state index contributed by atoms with van der Waals surface area (Å²) in [6.45, 7) is 3.35. The zero-order valence-corrected chi connectivity index (χ0v) is 19.1. The third-order valence-electron chi connectivity index (χ3n) is 6.83. The number of piperidine rings is 1. The van der Waals surface area contributed by atoms with Crippen LogP contribution >= 0.6 is 0 Å². The number of alkyl halides is 3. The van der Waals surface area contributed by atoms with Crippen LogP contribution < -0.4 is 15.1 Å². The fourth-order valence-corrected chi connectivity index (χ4v) is 4.64. The van der Waals surface area contributed by atoms with Crippen molar-refractivity contribution in [2.24, 2.45) is 5.92 Å². The Hall–Kier alpha value is -2.52. The maximum absolute atomic E-state index is 12.7. The summed E-state index contributed by atoms with van der Waals surface area (Å²) in [5.74, 6) is 0.604. The van der Waals surface area contributed by atoms with Gasteiger partial charge in [-0.3, -0.25) is 0 Å². The van der Waals surface area contributed by atoms with E-state index < -0.39 is 18.0 Å². The van der Waals surface area contributed by atoms with Crippen molar-refractivity contribution in [1.29, 1.82) is 0 Å². The molecule has 1 aromatic carbocycles. The summed E-state index contributed by atoms with van der Waals surface area (Å²) in [7, 11) is 4.24. The minimum Gasteiger partial charge on any atom is -0.374 e. The minimum atomic E-state index is -4.38. The normalized spacial score (nSPS) is 21.0. The second-order valence-corrected chi connectivity index (χ2v) is 9.22. The van der Waals surface area contributed by atoms with E-state index in [1.807, 2.05) is 17.0 Å².